The molecule has 1 fully saturated rings. The highest BCUT2D eigenvalue weighted by Gasteiger charge is 2.29. The van der Waals surface area contributed by atoms with Crippen molar-refractivity contribution in [1.82, 2.24) is 15.2 Å². The zero-order valence-corrected chi connectivity index (χ0v) is 19.5. The topological polar surface area (TPSA) is 73.1 Å². The molecule has 178 valence electrons. The number of benzene rings is 1. The van der Waals surface area contributed by atoms with Gasteiger partial charge in [-0.15, -0.1) is 5.10 Å². The molecule has 1 aromatic carbocycles. The van der Waals surface area contributed by atoms with E-state index in [2.05, 4.69) is 22.4 Å². The van der Waals surface area contributed by atoms with Crippen LogP contribution in [0.2, 0.25) is 0 Å². The van der Waals surface area contributed by atoms with Crippen LogP contribution in [0.3, 0.4) is 0 Å². The van der Waals surface area contributed by atoms with Crippen molar-refractivity contribution in [1.29, 1.82) is 0 Å². The first-order valence-electron chi connectivity index (χ1n) is 11.1. The van der Waals surface area contributed by atoms with E-state index < -0.39 is 12.8 Å². The molecule has 0 spiro atoms. The molecule has 1 saturated carbocycles. The second-order valence-electron chi connectivity index (χ2n) is 10.0. The molecule has 2 heterocycles. The predicted octanol–water partition coefficient (Wildman–Crippen LogP) is 6.43. The van der Waals surface area contributed by atoms with Crippen molar-refractivity contribution in [3.8, 4) is 17.3 Å². The standard InChI is InChI=1S/C24H29F3N4O2/c1-13-6-7-15(8-13)28-22-31-30-21(33-22)19-9-14(2)17-10-16(32-12-24(25,26)27)11-18(20(17)29-19)23(3,4)5/h9-11,13,15H,6-8,12H2,1-5H3,(H,28,31). The third-order valence-electron chi connectivity index (χ3n) is 5.97. The van der Waals surface area contributed by atoms with Crippen LogP contribution in [0.25, 0.3) is 22.5 Å². The van der Waals surface area contributed by atoms with Gasteiger partial charge in [0.1, 0.15) is 11.4 Å². The molecule has 2 unspecified atom stereocenters. The highest BCUT2D eigenvalue weighted by Crippen LogP contribution is 2.36. The Bertz CT molecular complexity index is 1150. The Balaban J connectivity index is 1.70. The largest absolute Gasteiger partial charge is 0.484 e. The quantitative estimate of drug-likeness (QED) is 0.471. The summed E-state index contributed by atoms with van der Waals surface area (Å²) in [6.45, 7) is 8.71. The van der Waals surface area contributed by atoms with E-state index in [0.717, 1.165) is 29.4 Å². The van der Waals surface area contributed by atoms with E-state index in [4.69, 9.17) is 14.1 Å². The molecule has 3 aromatic rings. The molecule has 9 heteroatoms. The van der Waals surface area contributed by atoms with Gasteiger partial charge in [-0.2, -0.15) is 13.2 Å². The normalized spacial score (nSPS) is 19.3. The average molecular weight is 463 g/mol. The maximum absolute atomic E-state index is 12.7. The van der Waals surface area contributed by atoms with E-state index in [0.29, 0.717) is 35.1 Å². The fourth-order valence-corrected chi connectivity index (χ4v) is 4.29. The van der Waals surface area contributed by atoms with Gasteiger partial charge in [-0.1, -0.05) is 32.8 Å². The Labute approximate surface area is 190 Å². The molecule has 0 saturated heterocycles. The first-order valence-corrected chi connectivity index (χ1v) is 11.1. The minimum atomic E-state index is -4.41. The van der Waals surface area contributed by atoms with Gasteiger partial charge in [0.05, 0.1) is 5.52 Å². The number of hydrogen-bond donors (Lipinski definition) is 1. The minimum Gasteiger partial charge on any atom is -0.484 e. The summed E-state index contributed by atoms with van der Waals surface area (Å²) in [5, 5.41) is 12.3. The van der Waals surface area contributed by atoms with Gasteiger partial charge in [-0.25, -0.2) is 4.98 Å². The van der Waals surface area contributed by atoms with E-state index in [9.17, 15) is 13.2 Å². The molecule has 0 amide bonds. The number of fused-ring (bicyclic) bond motifs is 1. The lowest BCUT2D eigenvalue weighted by molar-refractivity contribution is -0.153. The smallest absolute Gasteiger partial charge is 0.422 e. The molecule has 6 nitrogen and oxygen atoms in total. The number of alkyl halides is 3. The molecule has 0 bridgehead atoms. The van der Waals surface area contributed by atoms with Crippen LogP contribution in [-0.2, 0) is 5.41 Å². The Morgan fingerprint density at radius 1 is 1.12 bits per heavy atom. The summed E-state index contributed by atoms with van der Waals surface area (Å²) in [4.78, 5) is 4.78. The number of aryl methyl sites for hydroxylation is 1. The van der Waals surface area contributed by atoms with Crippen molar-refractivity contribution in [2.24, 2.45) is 5.92 Å². The van der Waals surface area contributed by atoms with Gasteiger partial charge >= 0.3 is 12.2 Å². The van der Waals surface area contributed by atoms with Gasteiger partial charge in [0, 0.05) is 11.4 Å². The molecule has 2 atom stereocenters. The van der Waals surface area contributed by atoms with Gasteiger partial charge < -0.3 is 14.5 Å². The maximum atomic E-state index is 12.7. The Morgan fingerprint density at radius 3 is 2.52 bits per heavy atom. The van der Waals surface area contributed by atoms with Gasteiger partial charge in [0.25, 0.3) is 5.89 Å². The summed E-state index contributed by atoms with van der Waals surface area (Å²) in [6.07, 6.45) is -1.10. The van der Waals surface area contributed by atoms with Gasteiger partial charge in [-0.3, -0.25) is 0 Å². The molecular weight excluding hydrogens is 433 g/mol. The van der Waals surface area contributed by atoms with Crippen LogP contribution >= 0.6 is 0 Å². The highest BCUT2D eigenvalue weighted by molar-refractivity contribution is 5.89. The molecule has 1 aliphatic rings. The summed E-state index contributed by atoms with van der Waals surface area (Å²) in [5.74, 6) is 1.14. The number of halogens is 3. The first kappa shape index (κ1) is 23.3. The average Bonchev–Trinajstić information content (AvgIpc) is 3.34. The van der Waals surface area contributed by atoms with E-state index in [1.54, 1.807) is 18.2 Å². The lowest BCUT2D eigenvalue weighted by Gasteiger charge is -2.23. The summed E-state index contributed by atoms with van der Waals surface area (Å²) >= 11 is 0. The molecule has 0 aliphatic heterocycles. The number of aromatic nitrogens is 3. The zero-order valence-electron chi connectivity index (χ0n) is 19.5. The number of rotatable bonds is 5. The van der Waals surface area contributed by atoms with Gasteiger partial charge in [0.2, 0.25) is 0 Å². The van der Waals surface area contributed by atoms with Crippen LogP contribution in [0.4, 0.5) is 19.2 Å². The van der Waals surface area contributed by atoms with Crippen LogP contribution in [0, 0.1) is 12.8 Å². The van der Waals surface area contributed by atoms with E-state index >= 15 is 0 Å². The van der Waals surface area contributed by atoms with Crippen LogP contribution in [0.1, 0.15) is 58.1 Å². The second kappa shape index (κ2) is 8.50. The fraction of sp³-hybridized carbons (Fsp3) is 0.542. The Morgan fingerprint density at radius 2 is 1.88 bits per heavy atom. The van der Waals surface area contributed by atoms with E-state index in [1.165, 1.54) is 6.42 Å². The van der Waals surface area contributed by atoms with Crippen LogP contribution in [0.5, 0.6) is 5.75 Å². The van der Waals surface area contributed by atoms with Gasteiger partial charge in [0.15, 0.2) is 6.61 Å². The zero-order chi connectivity index (χ0) is 24.0. The number of hydrogen-bond acceptors (Lipinski definition) is 6. The summed E-state index contributed by atoms with van der Waals surface area (Å²) in [6, 6.07) is 5.73. The summed E-state index contributed by atoms with van der Waals surface area (Å²) in [7, 11) is 0. The maximum Gasteiger partial charge on any atom is 0.422 e. The van der Waals surface area contributed by atoms with Crippen molar-refractivity contribution in [2.75, 3.05) is 11.9 Å². The summed E-state index contributed by atoms with van der Waals surface area (Å²) < 4.78 is 49.0. The number of pyridine rings is 1. The molecule has 1 aliphatic carbocycles. The molecular formula is C24H29F3N4O2. The van der Waals surface area contributed by atoms with Crippen molar-refractivity contribution in [2.45, 2.75) is 71.5 Å². The highest BCUT2D eigenvalue weighted by atomic mass is 19.4. The molecule has 1 N–H and O–H groups in total. The molecule has 2 aromatic heterocycles. The molecule has 0 radical (unpaired) electrons. The Kier molecular flexibility index (Phi) is 6.01. The third kappa shape index (κ3) is 5.39. The first-order chi connectivity index (χ1) is 15.4. The SMILES string of the molecule is Cc1cc(-c2nnc(NC3CCC(C)C3)o2)nc2c(C(C)(C)C)cc(OCC(F)(F)F)cc12. The van der Waals surface area contributed by atoms with E-state index in [-0.39, 0.29) is 11.2 Å². The third-order valence-corrected chi connectivity index (χ3v) is 5.97. The number of nitrogens with one attached hydrogen (secondary N) is 1. The number of anilines is 1. The van der Waals surface area contributed by atoms with E-state index in [1.807, 2.05) is 27.7 Å². The lowest BCUT2D eigenvalue weighted by Crippen LogP contribution is -2.20. The number of ether oxygens (including phenoxy) is 1. The number of nitrogens with zero attached hydrogens (tertiary/aromatic N) is 3. The lowest BCUT2D eigenvalue weighted by atomic mass is 9.84. The molecule has 33 heavy (non-hydrogen) atoms. The predicted molar refractivity (Wildman–Crippen MR) is 120 cm³/mol. The van der Waals surface area contributed by atoms with Crippen LogP contribution in [-0.4, -0.2) is 34.0 Å². The Hall–Kier alpha value is -2.84. The molecule has 4 rings (SSSR count). The minimum absolute atomic E-state index is 0.164. The van der Waals surface area contributed by atoms with Crippen molar-refractivity contribution < 1.29 is 22.3 Å². The fourth-order valence-electron chi connectivity index (χ4n) is 4.29. The summed E-state index contributed by atoms with van der Waals surface area (Å²) in [5.41, 5.74) is 2.42. The van der Waals surface area contributed by atoms with Crippen LogP contribution < -0.4 is 10.1 Å². The second-order valence-corrected chi connectivity index (χ2v) is 10.0. The van der Waals surface area contributed by atoms with Crippen molar-refractivity contribution >= 4 is 16.9 Å². The monoisotopic (exact) mass is 462 g/mol. The van der Waals surface area contributed by atoms with Crippen molar-refractivity contribution in [3.05, 3.63) is 29.3 Å². The van der Waals surface area contributed by atoms with Crippen LogP contribution in [0.15, 0.2) is 22.6 Å². The van der Waals surface area contributed by atoms with Gasteiger partial charge in [-0.05, 0) is 66.8 Å². The van der Waals surface area contributed by atoms with Crippen molar-refractivity contribution in [3.63, 3.8) is 0 Å².